The van der Waals surface area contributed by atoms with Gasteiger partial charge in [0.2, 0.25) is 0 Å². The number of rotatable bonds is 5. The monoisotopic (exact) mass is 292 g/mol. The molecule has 0 saturated carbocycles. The van der Waals surface area contributed by atoms with Crippen LogP contribution in [0.2, 0.25) is 5.02 Å². The minimum absolute atomic E-state index is 0.520. The fourth-order valence-electron chi connectivity index (χ4n) is 1.98. The summed E-state index contributed by atoms with van der Waals surface area (Å²) in [5, 5.41) is 11.0. The first-order chi connectivity index (χ1) is 9.65. The van der Waals surface area contributed by atoms with E-state index in [1.165, 1.54) is 0 Å². The third-order valence-corrected chi connectivity index (χ3v) is 3.29. The summed E-state index contributed by atoms with van der Waals surface area (Å²) in [6.07, 6.45) is -0.749. The number of methoxy groups -OCH3 is 1. The van der Waals surface area contributed by atoms with Gasteiger partial charge in [-0.2, -0.15) is 0 Å². The zero-order valence-corrected chi connectivity index (χ0v) is 12.2. The Kier molecular flexibility index (Phi) is 4.88. The van der Waals surface area contributed by atoms with Crippen molar-refractivity contribution in [1.29, 1.82) is 0 Å². The zero-order valence-electron chi connectivity index (χ0n) is 11.5. The van der Waals surface area contributed by atoms with Crippen molar-refractivity contribution in [2.24, 2.45) is 0 Å². The zero-order chi connectivity index (χ0) is 14.5. The second kappa shape index (κ2) is 6.64. The summed E-state index contributed by atoms with van der Waals surface area (Å²) in [6.45, 7) is 2.52. The van der Waals surface area contributed by atoms with Crippen LogP contribution in [-0.2, 0) is 0 Å². The molecule has 1 unspecified atom stereocenters. The molecule has 2 aromatic carbocycles. The van der Waals surface area contributed by atoms with Gasteiger partial charge in [0, 0.05) is 0 Å². The molecule has 0 heterocycles. The first kappa shape index (κ1) is 14.7. The average molecular weight is 293 g/mol. The van der Waals surface area contributed by atoms with Gasteiger partial charge in [0.15, 0.2) is 0 Å². The van der Waals surface area contributed by atoms with Crippen LogP contribution in [0.3, 0.4) is 0 Å². The van der Waals surface area contributed by atoms with Crippen LogP contribution in [0.4, 0.5) is 0 Å². The second-order valence-electron chi connectivity index (χ2n) is 4.30. The van der Waals surface area contributed by atoms with Crippen molar-refractivity contribution < 1.29 is 14.6 Å². The Morgan fingerprint density at radius 3 is 2.60 bits per heavy atom. The van der Waals surface area contributed by atoms with Crippen molar-refractivity contribution in [1.82, 2.24) is 0 Å². The number of halogens is 1. The second-order valence-corrected chi connectivity index (χ2v) is 4.71. The molecule has 0 radical (unpaired) electrons. The van der Waals surface area contributed by atoms with Gasteiger partial charge in [-0.25, -0.2) is 0 Å². The summed E-state index contributed by atoms with van der Waals surface area (Å²) < 4.78 is 10.6. The smallest absolute Gasteiger partial charge is 0.137 e. The molecule has 3 nitrogen and oxygen atoms in total. The van der Waals surface area contributed by atoms with Crippen LogP contribution in [0.25, 0.3) is 0 Å². The van der Waals surface area contributed by atoms with Crippen molar-refractivity contribution >= 4 is 11.6 Å². The highest BCUT2D eigenvalue weighted by Gasteiger charge is 2.13. The van der Waals surface area contributed by atoms with Gasteiger partial charge in [0.25, 0.3) is 0 Å². The fourth-order valence-corrected chi connectivity index (χ4v) is 2.17. The molecule has 0 fully saturated rings. The van der Waals surface area contributed by atoms with Gasteiger partial charge in [-0.15, -0.1) is 0 Å². The first-order valence-electron chi connectivity index (χ1n) is 6.40. The third-order valence-electron chi connectivity index (χ3n) is 2.98. The topological polar surface area (TPSA) is 38.7 Å². The molecule has 2 rings (SSSR count). The van der Waals surface area contributed by atoms with Gasteiger partial charge in [0.1, 0.15) is 17.6 Å². The molecule has 1 N–H and O–H groups in total. The Balaban J connectivity index is 2.30. The standard InChI is InChI=1S/C16H17ClO3/c1-3-20-13-6-4-5-11(9-13)16(18)12-7-8-14(17)15(10-12)19-2/h4-10,16,18H,3H2,1-2H3. The molecule has 1 atom stereocenters. The molecule has 0 amide bonds. The number of hydrogen-bond donors (Lipinski definition) is 1. The van der Waals surface area contributed by atoms with E-state index in [1.54, 1.807) is 25.3 Å². The van der Waals surface area contributed by atoms with Crippen LogP contribution < -0.4 is 9.47 Å². The van der Waals surface area contributed by atoms with E-state index < -0.39 is 6.10 Å². The molecule has 0 aromatic heterocycles. The van der Waals surface area contributed by atoms with E-state index in [4.69, 9.17) is 21.1 Å². The lowest BCUT2D eigenvalue weighted by Crippen LogP contribution is -2.01. The number of ether oxygens (including phenoxy) is 2. The minimum atomic E-state index is -0.749. The molecule has 2 aromatic rings. The summed E-state index contributed by atoms with van der Waals surface area (Å²) in [4.78, 5) is 0. The van der Waals surface area contributed by atoms with Crippen LogP contribution in [0.15, 0.2) is 42.5 Å². The Bertz CT molecular complexity index is 584. The molecular weight excluding hydrogens is 276 g/mol. The van der Waals surface area contributed by atoms with Gasteiger partial charge >= 0.3 is 0 Å². The molecule has 0 aliphatic carbocycles. The maximum absolute atomic E-state index is 10.4. The van der Waals surface area contributed by atoms with E-state index in [9.17, 15) is 5.11 Å². The number of aliphatic hydroxyl groups is 1. The Labute approximate surface area is 123 Å². The highest BCUT2D eigenvalue weighted by atomic mass is 35.5. The Morgan fingerprint density at radius 2 is 1.90 bits per heavy atom. The van der Waals surface area contributed by atoms with Gasteiger partial charge in [0.05, 0.1) is 18.7 Å². The third kappa shape index (κ3) is 3.24. The molecule has 0 saturated heterocycles. The maximum atomic E-state index is 10.4. The maximum Gasteiger partial charge on any atom is 0.137 e. The first-order valence-corrected chi connectivity index (χ1v) is 6.77. The lowest BCUT2D eigenvalue weighted by atomic mass is 10.0. The fraction of sp³-hybridized carbons (Fsp3) is 0.250. The molecule has 0 spiro atoms. The molecule has 106 valence electrons. The SMILES string of the molecule is CCOc1cccc(C(O)c2ccc(Cl)c(OC)c2)c1. The quantitative estimate of drug-likeness (QED) is 0.910. The van der Waals surface area contributed by atoms with Crippen LogP contribution in [0, 0.1) is 0 Å². The summed E-state index contributed by atoms with van der Waals surface area (Å²) in [5.74, 6) is 1.29. The van der Waals surface area contributed by atoms with Crippen molar-refractivity contribution in [3.63, 3.8) is 0 Å². The van der Waals surface area contributed by atoms with Gasteiger partial charge in [-0.05, 0) is 42.3 Å². The summed E-state index contributed by atoms with van der Waals surface area (Å²) >= 11 is 5.99. The van der Waals surface area contributed by atoms with Crippen LogP contribution in [0.5, 0.6) is 11.5 Å². The largest absolute Gasteiger partial charge is 0.495 e. The summed E-state index contributed by atoms with van der Waals surface area (Å²) in [6, 6.07) is 12.6. The van der Waals surface area contributed by atoms with E-state index in [2.05, 4.69) is 0 Å². The number of aliphatic hydroxyl groups excluding tert-OH is 1. The van der Waals surface area contributed by atoms with E-state index in [0.717, 1.165) is 16.9 Å². The summed E-state index contributed by atoms with van der Waals surface area (Å²) in [5.41, 5.74) is 1.49. The minimum Gasteiger partial charge on any atom is -0.495 e. The summed E-state index contributed by atoms with van der Waals surface area (Å²) in [7, 11) is 1.55. The van der Waals surface area contributed by atoms with E-state index in [0.29, 0.717) is 17.4 Å². The predicted octanol–water partition coefficient (Wildman–Crippen LogP) is 3.83. The van der Waals surface area contributed by atoms with E-state index >= 15 is 0 Å². The Morgan fingerprint density at radius 1 is 1.15 bits per heavy atom. The molecule has 0 aliphatic rings. The van der Waals surface area contributed by atoms with Crippen molar-refractivity contribution in [3.05, 3.63) is 58.6 Å². The van der Waals surface area contributed by atoms with Gasteiger partial charge in [-0.1, -0.05) is 29.8 Å². The Hall–Kier alpha value is -1.71. The van der Waals surface area contributed by atoms with Crippen LogP contribution >= 0.6 is 11.6 Å². The lowest BCUT2D eigenvalue weighted by Gasteiger charge is -2.14. The van der Waals surface area contributed by atoms with Gasteiger partial charge < -0.3 is 14.6 Å². The molecule has 0 aliphatic heterocycles. The van der Waals surface area contributed by atoms with Crippen molar-refractivity contribution in [3.8, 4) is 11.5 Å². The van der Waals surface area contributed by atoms with Crippen molar-refractivity contribution in [2.45, 2.75) is 13.0 Å². The van der Waals surface area contributed by atoms with Crippen LogP contribution in [-0.4, -0.2) is 18.8 Å². The molecular formula is C16H17ClO3. The van der Waals surface area contributed by atoms with E-state index in [-0.39, 0.29) is 0 Å². The molecule has 0 bridgehead atoms. The molecule has 4 heteroatoms. The van der Waals surface area contributed by atoms with Crippen LogP contribution in [0.1, 0.15) is 24.2 Å². The molecule has 20 heavy (non-hydrogen) atoms. The van der Waals surface area contributed by atoms with E-state index in [1.807, 2.05) is 31.2 Å². The van der Waals surface area contributed by atoms with Crippen molar-refractivity contribution in [2.75, 3.05) is 13.7 Å². The predicted molar refractivity (Wildman–Crippen MR) is 79.7 cm³/mol. The highest BCUT2D eigenvalue weighted by molar-refractivity contribution is 6.32. The number of hydrogen-bond acceptors (Lipinski definition) is 3. The highest BCUT2D eigenvalue weighted by Crippen LogP contribution is 2.31. The average Bonchev–Trinajstić information content (AvgIpc) is 2.48. The van der Waals surface area contributed by atoms with Gasteiger partial charge in [-0.3, -0.25) is 0 Å². The number of benzene rings is 2. The normalized spacial score (nSPS) is 12.0. The lowest BCUT2D eigenvalue weighted by molar-refractivity contribution is 0.219.